The van der Waals surface area contributed by atoms with E-state index in [1.54, 1.807) is 19.2 Å². The van der Waals surface area contributed by atoms with E-state index in [2.05, 4.69) is 10.6 Å². The van der Waals surface area contributed by atoms with Crippen LogP contribution in [0.3, 0.4) is 0 Å². The van der Waals surface area contributed by atoms with Crippen LogP contribution < -0.4 is 15.4 Å². The molecule has 0 bridgehead atoms. The summed E-state index contributed by atoms with van der Waals surface area (Å²) in [6, 6.07) is 25.0. The summed E-state index contributed by atoms with van der Waals surface area (Å²) in [6.45, 7) is 3.63. The van der Waals surface area contributed by atoms with Crippen LogP contribution in [0.1, 0.15) is 65.6 Å². The Bertz CT molecular complexity index is 1370. The summed E-state index contributed by atoms with van der Waals surface area (Å²) in [5, 5.41) is 6.18. The van der Waals surface area contributed by atoms with Crippen LogP contribution in [0.5, 0.6) is 5.75 Å². The van der Waals surface area contributed by atoms with Crippen molar-refractivity contribution in [1.82, 2.24) is 15.5 Å². The third-order valence-corrected chi connectivity index (χ3v) is 8.39. The molecule has 0 spiro atoms. The molecule has 1 heterocycles. The second-order valence-corrected chi connectivity index (χ2v) is 10.6. The van der Waals surface area contributed by atoms with E-state index >= 15 is 0 Å². The van der Waals surface area contributed by atoms with Crippen molar-refractivity contribution >= 4 is 17.7 Å². The van der Waals surface area contributed by atoms with Crippen LogP contribution in [-0.4, -0.2) is 55.4 Å². The van der Waals surface area contributed by atoms with Crippen LogP contribution >= 0.6 is 0 Å². The Labute approximate surface area is 235 Å². The fourth-order valence-corrected chi connectivity index (χ4v) is 6.36. The van der Waals surface area contributed by atoms with Crippen molar-refractivity contribution in [3.8, 4) is 5.75 Å². The number of para-hydroxylation sites is 1. The van der Waals surface area contributed by atoms with Crippen molar-refractivity contribution in [2.24, 2.45) is 0 Å². The molecule has 1 aliphatic carbocycles. The van der Waals surface area contributed by atoms with Gasteiger partial charge in [-0.2, -0.15) is 0 Å². The van der Waals surface area contributed by atoms with Crippen molar-refractivity contribution < 1.29 is 19.1 Å². The number of nitrogens with zero attached hydrogens (tertiary/aromatic N) is 1. The molecule has 208 valence electrons. The van der Waals surface area contributed by atoms with Gasteiger partial charge in [0.2, 0.25) is 11.8 Å². The summed E-state index contributed by atoms with van der Waals surface area (Å²) in [7, 11) is 1.56. The Balaban J connectivity index is 1.32. The highest BCUT2D eigenvalue weighted by Gasteiger charge is 2.48. The number of ether oxygens (including phenoxy) is 1. The maximum absolute atomic E-state index is 13.9. The molecular formula is C33H37N3O4. The van der Waals surface area contributed by atoms with Crippen molar-refractivity contribution in [3.63, 3.8) is 0 Å². The van der Waals surface area contributed by atoms with E-state index in [1.807, 2.05) is 78.6 Å². The molecule has 2 atom stereocenters. The average molecular weight is 540 g/mol. The molecule has 0 radical (unpaired) electrons. The van der Waals surface area contributed by atoms with Crippen LogP contribution in [0.2, 0.25) is 0 Å². The summed E-state index contributed by atoms with van der Waals surface area (Å²) in [6.07, 6.45) is 2.52. The number of carbonyl (C=O) groups is 3. The van der Waals surface area contributed by atoms with Gasteiger partial charge in [-0.05, 0) is 61.4 Å². The molecule has 1 fully saturated rings. The van der Waals surface area contributed by atoms with E-state index in [4.69, 9.17) is 4.74 Å². The zero-order chi connectivity index (χ0) is 28.1. The fraction of sp³-hybridized carbons (Fsp3) is 0.364. The number of amides is 3. The number of piperidine rings is 1. The monoisotopic (exact) mass is 539 g/mol. The Morgan fingerprint density at radius 3 is 2.30 bits per heavy atom. The van der Waals surface area contributed by atoms with Gasteiger partial charge in [-0.3, -0.25) is 14.4 Å². The molecule has 5 rings (SSSR count). The average Bonchev–Trinajstić information content (AvgIpc) is 3.01. The maximum atomic E-state index is 13.9. The molecule has 0 aromatic heterocycles. The Morgan fingerprint density at radius 2 is 1.57 bits per heavy atom. The minimum Gasteiger partial charge on any atom is -0.496 e. The normalized spacial score (nSPS) is 20.8. The molecule has 2 N–H and O–H groups in total. The van der Waals surface area contributed by atoms with E-state index in [0.717, 1.165) is 16.7 Å². The van der Waals surface area contributed by atoms with Crippen molar-refractivity contribution in [1.29, 1.82) is 0 Å². The Hall–Kier alpha value is -4.13. The predicted octanol–water partition coefficient (Wildman–Crippen LogP) is 4.42. The maximum Gasteiger partial charge on any atom is 0.255 e. The highest BCUT2D eigenvalue weighted by molar-refractivity contribution is 5.97. The number of methoxy groups -OCH3 is 1. The zero-order valence-electron chi connectivity index (χ0n) is 23.2. The summed E-state index contributed by atoms with van der Waals surface area (Å²) >= 11 is 0. The SMILES string of the molecule is CCNC(=O)[C@]1(c2ccccc2)CC[C@H](C(=O)N2CCC(NC(=O)c3ccccc3OC)CC2)c2ccccc21. The lowest BCUT2D eigenvalue weighted by Crippen LogP contribution is -2.51. The lowest BCUT2D eigenvalue weighted by atomic mass is 9.62. The summed E-state index contributed by atoms with van der Waals surface area (Å²) in [5.74, 6) is 0.154. The molecule has 40 heavy (non-hydrogen) atoms. The van der Waals surface area contributed by atoms with Gasteiger partial charge < -0.3 is 20.3 Å². The zero-order valence-corrected chi connectivity index (χ0v) is 23.2. The van der Waals surface area contributed by atoms with Crippen LogP contribution in [0, 0.1) is 0 Å². The van der Waals surface area contributed by atoms with E-state index in [1.165, 1.54) is 0 Å². The number of benzene rings is 3. The second-order valence-electron chi connectivity index (χ2n) is 10.6. The van der Waals surface area contributed by atoms with Gasteiger partial charge in [0.05, 0.1) is 24.0 Å². The molecule has 2 aliphatic rings. The van der Waals surface area contributed by atoms with Crippen LogP contribution in [-0.2, 0) is 15.0 Å². The molecule has 3 amide bonds. The number of carbonyl (C=O) groups excluding carboxylic acids is 3. The summed E-state index contributed by atoms with van der Waals surface area (Å²) in [4.78, 5) is 42.4. The van der Waals surface area contributed by atoms with Crippen LogP contribution in [0.4, 0.5) is 0 Å². The molecule has 3 aromatic carbocycles. The van der Waals surface area contributed by atoms with Gasteiger partial charge in [0.15, 0.2) is 0 Å². The van der Waals surface area contributed by atoms with Crippen LogP contribution in [0.15, 0.2) is 78.9 Å². The third-order valence-electron chi connectivity index (χ3n) is 8.39. The summed E-state index contributed by atoms with van der Waals surface area (Å²) < 4.78 is 5.33. The quantitative estimate of drug-likeness (QED) is 0.466. The summed E-state index contributed by atoms with van der Waals surface area (Å²) in [5.41, 5.74) is 2.47. The lowest BCUT2D eigenvalue weighted by Gasteiger charge is -2.42. The molecule has 7 nitrogen and oxygen atoms in total. The topological polar surface area (TPSA) is 87.7 Å². The molecule has 0 unspecified atom stereocenters. The highest BCUT2D eigenvalue weighted by atomic mass is 16.5. The van der Waals surface area contributed by atoms with Crippen molar-refractivity contribution in [2.45, 2.75) is 50.0 Å². The van der Waals surface area contributed by atoms with Gasteiger partial charge in [-0.25, -0.2) is 0 Å². The third kappa shape index (κ3) is 5.08. The van der Waals surface area contributed by atoms with Gasteiger partial charge in [-0.15, -0.1) is 0 Å². The van der Waals surface area contributed by atoms with Crippen molar-refractivity contribution in [2.75, 3.05) is 26.7 Å². The van der Waals surface area contributed by atoms with E-state index in [-0.39, 0.29) is 29.7 Å². The first-order valence-corrected chi connectivity index (χ1v) is 14.2. The Kier molecular flexibility index (Phi) is 8.19. The number of fused-ring (bicyclic) bond motifs is 1. The van der Waals surface area contributed by atoms with Gasteiger partial charge in [0.25, 0.3) is 5.91 Å². The van der Waals surface area contributed by atoms with E-state index in [9.17, 15) is 14.4 Å². The molecule has 1 saturated heterocycles. The lowest BCUT2D eigenvalue weighted by molar-refractivity contribution is -0.135. The molecule has 7 heteroatoms. The molecule has 0 saturated carbocycles. The first kappa shape index (κ1) is 27.4. The minimum atomic E-state index is -0.833. The number of hydrogen-bond acceptors (Lipinski definition) is 4. The fourth-order valence-electron chi connectivity index (χ4n) is 6.36. The highest BCUT2D eigenvalue weighted by Crippen LogP contribution is 2.47. The number of rotatable bonds is 7. The van der Waals surface area contributed by atoms with Crippen LogP contribution in [0.25, 0.3) is 0 Å². The van der Waals surface area contributed by atoms with E-state index in [0.29, 0.717) is 56.6 Å². The first-order chi connectivity index (χ1) is 19.5. The molecular weight excluding hydrogens is 502 g/mol. The van der Waals surface area contributed by atoms with E-state index < -0.39 is 5.41 Å². The van der Waals surface area contributed by atoms with Gasteiger partial charge in [0, 0.05) is 25.7 Å². The number of likely N-dealkylation sites (tertiary alicyclic amines) is 1. The smallest absolute Gasteiger partial charge is 0.255 e. The van der Waals surface area contributed by atoms with Gasteiger partial charge >= 0.3 is 0 Å². The largest absolute Gasteiger partial charge is 0.496 e. The predicted molar refractivity (Wildman–Crippen MR) is 154 cm³/mol. The molecule has 1 aliphatic heterocycles. The number of likely N-dealkylation sites (N-methyl/N-ethyl adjacent to an activating group) is 1. The Morgan fingerprint density at radius 1 is 0.900 bits per heavy atom. The minimum absolute atomic E-state index is 0.0106. The molecule has 3 aromatic rings. The standard InChI is InChI=1S/C33H37N3O4/c1-3-34-32(39)33(23-11-5-4-6-12-23)20-17-26(25-13-7-9-15-28(25)33)31(38)36-21-18-24(19-22-36)35-30(37)27-14-8-10-16-29(27)40-2/h4-16,24,26H,3,17-22H2,1-2H3,(H,34,39)(H,35,37)/t26-,33-/m0/s1. The first-order valence-electron chi connectivity index (χ1n) is 14.2. The van der Waals surface area contributed by atoms with Gasteiger partial charge in [-0.1, -0.05) is 66.7 Å². The van der Waals surface area contributed by atoms with Gasteiger partial charge in [0.1, 0.15) is 5.75 Å². The second kappa shape index (κ2) is 11.9. The number of hydrogen-bond donors (Lipinski definition) is 2. The van der Waals surface area contributed by atoms with Crippen molar-refractivity contribution in [3.05, 3.63) is 101 Å². The number of nitrogens with one attached hydrogen (secondary N) is 2.